The second kappa shape index (κ2) is 5.92. The van der Waals surface area contributed by atoms with Crippen LogP contribution in [0.2, 0.25) is 0 Å². The van der Waals surface area contributed by atoms with Gasteiger partial charge in [-0.25, -0.2) is 8.42 Å². The highest BCUT2D eigenvalue weighted by atomic mass is 32.2. The number of nitrogens with one attached hydrogen (secondary N) is 2. The van der Waals surface area contributed by atoms with Gasteiger partial charge < -0.3 is 10.1 Å². The SMILES string of the molecule is COc1ccc(S(=O)(=O)Nc2ccc3c(c2)C(=O)NCC3)cc1. The number of benzene rings is 2. The molecule has 1 aliphatic rings. The molecule has 0 fully saturated rings. The first-order chi connectivity index (χ1) is 11.0. The van der Waals surface area contributed by atoms with Crippen LogP contribution in [0.15, 0.2) is 47.4 Å². The monoisotopic (exact) mass is 332 g/mol. The van der Waals surface area contributed by atoms with E-state index < -0.39 is 10.0 Å². The van der Waals surface area contributed by atoms with Gasteiger partial charge in [-0.2, -0.15) is 0 Å². The van der Waals surface area contributed by atoms with Crippen LogP contribution < -0.4 is 14.8 Å². The third kappa shape index (κ3) is 3.14. The summed E-state index contributed by atoms with van der Waals surface area (Å²) in [5.74, 6) is 0.395. The van der Waals surface area contributed by atoms with Crippen molar-refractivity contribution in [2.24, 2.45) is 0 Å². The van der Waals surface area contributed by atoms with Crippen molar-refractivity contribution >= 4 is 21.6 Å². The first-order valence-electron chi connectivity index (χ1n) is 7.07. The molecule has 0 unspecified atom stereocenters. The maximum atomic E-state index is 12.4. The van der Waals surface area contributed by atoms with Crippen molar-refractivity contribution < 1.29 is 17.9 Å². The van der Waals surface area contributed by atoms with Crippen molar-refractivity contribution in [3.8, 4) is 5.75 Å². The standard InChI is InChI=1S/C16H16N2O4S/c1-22-13-4-6-14(7-5-13)23(20,21)18-12-3-2-11-8-9-17-16(19)15(11)10-12/h2-7,10,18H,8-9H2,1H3,(H,17,19). The van der Waals surface area contributed by atoms with E-state index in [0.717, 1.165) is 12.0 Å². The Labute approximate surface area is 134 Å². The van der Waals surface area contributed by atoms with Gasteiger partial charge in [0.15, 0.2) is 0 Å². The van der Waals surface area contributed by atoms with Crippen molar-refractivity contribution in [2.45, 2.75) is 11.3 Å². The number of carbonyl (C=O) groups is 1. The van der Waals surface area contributed by atoms with E-state index >= 15 is 0 Å². The van der Waals surface area contributed by atoms with Gasteiger partial charge in [0.05, 0.1) is 12.0 Å². The molecule has 3 rings (SSSR count). The fourth-order valence-electron chi connectivity index (χ4n) is 2.44. The van der Waals surface area contributed by atoms with E-state index in [2.05, 4.69) is 10.0 Å². The van der Waals surface area contributed by atoms with E-state index in [-0.39, 0.29) is 10.8 Å². The molecule has 0 aliphatic carbocycles. The molecule has 23 heavy (non-hydrogen) atoms. The fraction of sp³-hybridized carbons (Fsp3) is 0.188. The number of sulfonamides is 1. The van der Waals surface area contributed by atoms with Crippen molar-refractivity contribution in [2.75, 3.05) is 18.4 Å². The predicted octanol–water partition coefficient (Wildman–Crippen LogP) is 1.78. The molecule has 0 radical (unpaired) electrons. The van der Waals surface area contributed by atoms with Crippen LogP contribution in [-0.2, 0) is 16.4 Å². The number of fused-ring (bicyclic) bond motifs is 1. The summed E-state index contributed by atoms with van der Waals surface area (Å²) in [6, 6.07) is 11.1. The molecule has 1 aliphatic heterocycles. The third-order valence-corrected chi connectivity index (χ3v) is 5.05. The smallest absolute Gasteiger partial charge is 0.261 e. The third-order valence-electron chi connectivity index (χ3n) is 3.66. The lowest BCUT2D eigenvalue weighted by atomic mass is 10.00. The summed E-state index contributed by atoms with van der Waals surface area (Å²) >= 11 is 0. The highest BCUT2D eigenvalue weighted by molar-refractivity contribution is 7.92. The summed E-state index contributed by atoms with van der Waals surface area (Å²) in [6.07, 6.45) is 0.743. The molecule has 6 nitrogen and oxygen atoms in total. The normalized spacial score (nSPS) is 13.9. The molecule has 1 amide bonds. The molecule has 2 aromatic rings. The molecule has 0 spiro atoms. The van der Waals surface area contributed by atoms with Crippen LogP contribution in [0.1, 0.15) is 15.9 Å². The zero-order valence-corrected chi connectivity index (χ0v) is 13.3. The highest BCUT2D eigenvalue weighted by Crippen LogP contribution is 2.22. The number of rotatable bonds is 4. The largest absolute Gasteiger partial charge is 0.497 e. The topological polar surface area (TPSA) is 84.5 Å². The van der Waals surface area contributed by atoms with E-state index in [1.807, 2.05) is 0 Å². The van der Waals surface area contributed by atoms with Crippen LogP contribution in [0.3, 0.4) is 0 Å². The average Bonchev–Trinajstić information content (AvgIpc) is 2.55. The average molecular weight is 332 g/mol. The van der Waals surface area contributed by atoms with Crippen molar-refractivity contribution in [1.29, 1.82) is 0 Å². The summed E-state index contributed by atoms with van der Waals surface area (Å²) < 4.78 is 32.3. The summed E-state index contributed by atoms with van der Waals surface area (Å²) in [5.41, 5.74) is 1.78. The summed E-state index contributed by atoms with van der Waals surface area (Å²) in [7, 11) is -2.21. The molecule has 120 valence electrons. The van der Waals surface area contributed by atoms with Gasteiger partial charge in [-0.1, -0.05) is 6.07 Å². The van der Waals surface area contributed by atoms with Gasteiger partial charge in [0.2, 0.25) is 0 Å². The minimum Gasteiger partial charge on any atom is -0.497 e. The molecule has 0 saturated carbocycles. The lowest BCUT2D eigenvalue weighted by molar-refractivity contribution is 0.0946. The minimum atomic E-state index is -3.72. The minimum absolute atomic E-state index is 0.125. The van der Waals surface area contributed by atoms with Crippen LogP contribution >= 0.6 is 0 Å². The van der Waals surface area contributed by atoms with Crippen LogP contribution in [0, 0.1) is 0 Å². The van der Waals surface area contributed by atoms with Crippen LogP contribution in [-0.4, -0.2) is 28.0 Å². The van der Waals surface area contributed by atoms with Gasteiger partial charge in [-0.15, -0.1) is 0 Å². The first kappa shape index (κ1) is 15.4. The zero-order chi connectivity index (χ0) is 16.4. The van der Waals surface area contributed by atoms with Gasteiger partial charge >= 0.3 is 0 Å². The summed E-state index contributed by atoms with van der Waals surface area (Å²) in [5, 5.41) is 2.74. The number of hydrogen-bond donors (Lipinski definition) is 2. The Morgan fingerprint density at radius 2 is 1.87 bits per heavy atom. The number of ether oxygens (including phenoxy) is 1. The van der Waals surface area contributed by atoms with Gasteiger partial charge in [-0.3, -0.25) is 9.52 Å². The molecule has 0 bridgehead atoms. The maximum Gasteiger partial charge on any atom is 0.261 e. The van der Waals surface area contributed by atoms with Crippen LogP contribution in [0.25, 0.3) is 0 Å². The van der Waals surface area contributed by atoms with Crippen LogP contribution in [0.5, 0.6) is 5.75 Å². The molecular formula is C16H16N2O4S. The molecule has 1 heterocycles. The van der Waals surface area contributed by atoms with E-state index in [1.165, 1.54) is 19.2 Å². The second-order valence-corrected chi connectivity index (χ2v) is 6.84. The summed E-state index contributed by atoms with van der Waals surface area (Å²) in [6.45, 7) is 0.600. The van der Waals surface area contributed by atoms with E-state index in [9.17, 15) is 13.2 Å². The molecule has 0 saturated heterocycles. The van der Waals surface area contributed by atoms with Gasteiger partial charge in [0.1, 0.15) is 5.75 Å². The Balaban J connectivity index is 1.88. The predicted molar refractivity (Wildman–Crippen MR) is 86.3 cm³/mol. The summed E-state index contributed by atoms with van der Waals surface area (Å²) in [4.78, 5) is 12.0. The lowest BCUT2D eigenvalue weighted by Crippen LogP contribution is -2.31. The van der Waals surface area contributed by atoms with E-state index in [4.69, 9.17) is 4.74 Å². The van der Waals surface area contributed by atoms with Gasteiger partial charge in [0, 0.05) is 17.8 Å². The van der Waals surface area contributed by atoms with Gasteiger partial charge in [-0.05, 0) is 48.4 Å². The molecular weight excluding hydrogens is 316 g/mol. The molecule has 0 atom stereocenters. The lowest BCUT2D eigenvalue weighted by Gasteiger charge is -2.17. The van der Waals surface area contributed by atoms with Crippen molar-refractivity contribution in [1.82, 2.24) is 5.32 Å². The number of methoxy groups -OCH3 is 1. The Morgan fingerprint density at radius 1 is 1.13 bits per heavy atom. The Hall–Kier alpha value is -2.54. The van der Waals surface area contributed by atoms with E-state index in [1.54, 1.807) is 30.3 Å². The zero-order valence-electron chi connectivity index (χ0n) is 12.5. The first-order valence-corrected chi connectivity index (χ1v) is 8.56. The highest BCUT2D eigenvalue weighted by Gasteiger charge is 2.19. The van der Waals surface area contributed by atoms with Crippen molar-refractivity contribution in [3.05, 3.63) is 53.6 Å². The number of carbonyl (C=O) groups excluding carboxylic acids is 1. The molecule has 2 N–H and O–H groups in total. The number of anilines is 1. The molecule has 0 aromatic heterocycles. The van der Waals surface area contributed by atoms with Crippen molar-refractivity contribution in [3.63, 3.8) is 0 Å². The van der Waals surface area contributed by atoms with E-state index in [0.29, 0.717) is 23.5 Å². The molecule has 2 aromatic carbocycles. The number of amides is 1. The Kier molecular flexibility index (Phi) is 3.96. The van der Waals surface area contributed by atoms with Gasteiger partial charge in [0.25, 0.3) is 15.9 Å². The maximum absolute atomic E-state index is 12.4. The fourth-order valence-corrected chi connectivity index (χ4v) is 3.49. The Morgan fingerprint density at radius 3 is 2.57 bits per heavy atom. The quantitative estimate of drug-likeness (QED) is 0.894. The molecule has 7 heteroatoms. The van der Waals surface area contributed by atoms with Crippen LogP contribution in [0.4, 0.5) is 5.69 Å². The number of hydrogen-bond acceptors (Lipinski definition) is 4. The second-order valence-electron chi connectivity index (χ2n) is 5.16. The Bertz CT molecular complexity index is 845.